The first-order chi connectivity index (χ1) is 9.86. The van der Waals surface area contributed by atoms with Gasteiger partial charge >= 0.3 is 0 Å². The molecule has 0 aromatic carbocycles. The molecule has 0 radical (unpaired) electrons. The van der Waals surface area contributed by atoms with E-state index in [4.69, 9.17) is 4.74 Å². The molecule has 0 N–H and O–H groups in total. The van der Waals surface area contributed by atoms with Crippen LogP contribution >= 0.6 is 0 Å². The molecule has 2 saturated heterocycles. The Labute approximate surface area is 126 Å². The highest BCUT2D eigenvalue weighted by atomic mass is 32.2. The van der Waals surface area contributed by atoms with E-state index in [0.717, 1.165) is 6.61 Å². The van der Waals surface area contributed by atoms with Crippen LogP contribution in [0, 0.1) is 17.8 Å². The van der Waals surface area contributed by atoms with Gasteiger partial charge in [0.2, 0.25) is 5.91 Å². The average molecular weight is 315 g/mol. The van der Waals surface area contributed by atoms with Gasteiger partial charge in [0.05, 0.1) is 12.4 Å². The van der Waals surface area contributed by atoms with Crippen molar-refractivity contribution in [1.29, 1.82) is 0 Å². The van der Waals surface area contributed by atoms with E-state index in [2.05, 4.69) is 0 Å². The van der Waals surface area contributed by atoms with Gasteiger partial charge in [0, 0.05) is 31.5 Å². The topological polar surface area (TPSA) is 63.7 Å². The van der Waals surface area contributed by atoms with Gasteiger partial charge in [-0.15, -0.1) is 0 Å². The summed E-state index contributed by atoms with van der Waals surface area (Å²) in [6, 6.07) is 0. The number of amides is 1. The van der Waals surface area contributed by atoms with Gasteiger partial charge in [-0.25, -0.2) is 8.42 Å². The maximum Gasteiger partial charge on any atom is 0.225 e. The molecule has 0 aromatic heterocycles. The largest absolute Gasteiger partial charge is 0.381 e. The summed E-state index contributed by atoms with van der Waals surface area (Å²) in [5.41, 5.74) is 0. The molecule has 1 spiro atoms. The number of likely N-dealkylation sites (tertiary alicyclic amines) is 1. The van der Waals surface area contributed by atoms with Crippen molar-refractivity contribution in [3.05, 3.63) is 0 Å². The molecule has 21 heavy (non-hydrogen) atoms. The second kappa shape index (κ2) is 5.23. The van der Waals surface area contributed by atoms with E-state index in [1.807, 2.05) is 13.8 Å². The van der Waals surface area contributed by atoms with E-state index in [1.54, 1.807) is 4.90 Å². The van der Waals surface area contributed by atoms with E-state index in [9.17, 15) is 13.2 Å². The van der Waals surface area contributed by atoms with Crippen molar-refractivity contribution in [2.45, 2.75) is 37.9 Å². The zero-order valence-electron chi connectivity index (χ0n) is 12.9. The molecular formula is C15H25NO4S. The van der Waals surface area contributed by atoms with E-state index in [0.29, 0.717) is 32.0 Å². The monoisotopic (exact) mass is 315 g/mol. The fourth-order valence-corrected chi connectivity index (χ4v) is 5.89. The Bertz CT molecular complexity index is 518. The van der Waals surface area contributed by atoms with Gasteiger partial charge in [0.1, 0.15) is 4.75 Å². The lowest BCUT2D eigenvalue weighted by molar-refractivity contribution is -0.141. The van der Waals surface area contributed by atoms with E-state index >= 15 is 0 Å². The summed E-state index contributed by atoms with van der Waals surface area (Å²) in [4.78, 5) is 13.7. The highest BCUT2D eigenvalue weighted by molar-refractivity contribution is 7.93. The van der Waals surface area contributed by atoms with Gasteiger partial charge in [-0.3, -0.25) is 4.79 Å². The Morgan fingerprint density at radius 2 is 1.90 bits per heavy atom. The van der Waals surface area contributed by atoms with Crippen molar-refractivity contribution in [3.8, 4) is 0 Å². The van der Waals surface area contributed by atoms with Crippen LogP contribution in [0.3, 0.4) is 0 Å². The number of sulfone groups is 1. The van der Waals surface area contributed by atoms with Crippen LogP contribution in [0.15, 0.2) is 0 Å². The van der Waals surface area contributed by atoms with Crippen LogP contribution in [-0.2, 0) is 19.4 Å². The third-order valence-electron chi connectivity index (χ3n) is 5.19. The van der Waals surface area contributed by atoms with Crippen LogP contribution in [0.5, 0.6) is 0 Å². The number of hydrogen-bond donors (Lipinski definition) is 0. The van der Waals surface area contributed by atoms with Gasteiger partial charge in [-0.05, 0) is 25.2 Å². The Balaban J connectivity index is 1.63. The summed E-state index contributed by atoms with van der Waals surface area (Å²) in [6.07, 6.45) is 3.16. The summed E-state index contributed by atoms with van der Waals surface area (Å²) >= 11 is 0. The maximum atomic E-state index is 12.4. The van der Waals surface area contributed by atoms with Crippen molar-refractivity contribution in [1.82, 2.24) is 4.90 Å². The van der Waals surface area contributed by atoms with Crippen LogP contribution in [0.25, 0.3) is 0 Å². The second-order valence-corrected chi connectivity index (χ2v) is 9.65. The maximum absolute atomic E-state index is 12.4. The van der Waals surface area contributed by atoms with Gasteiger partial charge in [0.25, 0.3) is 0 Å². The molecule has 3 aliphatic rings. The minimum Gasteiger partial charge on any atom is -0.381 e. The Morgan fingerprint density at radius 3 is 2.48 bits per heavy atom. The molecule has 2 heterocycles. The van der Waals surface area contributed by atoms with Crippen LogP contribution in [0.1, 0.15) is 33.1 Å². The second-order valence-electron chi connectivity index (χ2n) is 7.20. The lowest BCUT2D eigenvalue weighted by atomic mass is 9.83. The molecule has 3 rings (SSSR count). The molecule has 1 aliphatic carbocycles. The summed E-state index contributed by atoms with van der Waals surface area (Å²) in [5.74, 6) is 0.974. The number of nitrogens with zero attached hydrogens (tertiary/aromatic N) is 1. The lowest BCUT2D eigenvalue weighted by Crippen LogP contribution is -2.69. The molecule has 5 nitrogen and oxygen atoms in total. The van der Waals surface area contributed by atoms with E-state index in [-0.39, 0.29) is 23.5 Å². The standard InChI is InChI=1S/C15H25NO4S/c1-11(2)14(17)16-9-15(10-16)13(5-6-21(15,18)19)8-20-7-12-3-4-12/h11-13H,3-10H2,1-2H3/t13-/m1/s1. The first kappa shape index (κ1) is 15.3. The highest BCUT2D eigenvalue weighted by Gasteiger charge is 2.62. The Hall–Kier alpha value is -0.620. The van der Waals surface area contributed by atoms with Gasteiger partial charge in [-0.2, -0.15) is 0 Å². The third-order valence-corrected chi connectivity index (χ3v) is 7.79. The SMILES string of the molecule is CC(C)C(=O)N1CC2(C1)[C@@H](COCC1CC1)CCS2(=O)=O. The molecule has 0 bridgehead atoms. The fraction of sp³-hybridized carbons (Fsp3) is 0.933. The molecule has 2 aliphatic heterocycles. The first-order valence-electron chi connectivity index (χ1n) is 7.94. The van der Waals surface area contributed by atoms with Crippen LogP contribution in [-0.4, -0.2) is 56.0 Å². The van der Waals surface area contributed by atoms with Gasteiger partial charge in [-0.1, -0.05) is 13.8 Å². The van der Waals surface area contributed by atoms with Gasteiger partial charge < -0.3 is 9.64 Å². The summed E-state index contributed by atoms with van der Waals surface area (Å²) in [7, 11) is -3.10. The average Bonchev–Trinajstić information content (AvgIpc) is 3.12. The summed E-state index contributed by atoms with van der Waals surface area (Å²) in [6.45, 7) is 5.73. The highest BCUT2D eigenvalue weighted by Crippen LogP contribution is 2.45. The number of rotatable bonds is 5. The smallest absolute Gasteiger partial charge is 0.225 e. The van der Waals surface area contributed by atoms with Crippen molar-refractivity contribution in [2.75, 3.05) is 32.1 Å². The minimum absolute atomic E-state index is 0.0532. The molecule has 3 fully saturated rings. The van der Waals surface area contributed by atoms with Gasteiger partial charge in [0.15, 0.2) is 9.84 Å². The Morgan fingerprint density at radius 1 is 1.24 bits per heavy atom. The minimum atomic E-state index is -3.10. The number of carbonyl (C=O) groups excluding carboxylic acids is 1. The molecule has 0 unspecified atom stereocenters. The fourth-order valence-electron chi connectivity index (χ4n) is 3.49. The van der Waals surface area contributed by atoms with E-state index < -0.39 is 14.6 Å². The van der Waals surface area contributed by atoms with E-state index in [1.165, 1.54) is 12.8 Å². The number of ether oxygens (including phenoxy) is 1. The summed E-state index contributed by atoms with van der Waals surface area (Å²) in [5, 5.41) is 0. The predicted octanol–water partition coefficient (Wildman–Crippen LogP) is 1.08. The first-order valence-corrected chi connectivity index (χ1v) is 9.60. The number of hydrogen-bond acceptors (Lipinski definition) is 4. The number of carbonyl (C=O) groups is 1. The van der Waals surface area contributed by atoms with Crippen LogP contribution in [0.4, 0.5) is 0 Å². The van der Waals surface area contributed by atoms with Crippen LogP contribution < -0.4 is 0 Å². The molecule has 120 valence electrons. The Kier molecular flexibility index (Phi) is 3.81. The zero-order valence-corrected chi connectivity index (χ0v) is 13.7. The van der Waals surface area contributed by atoms with Crippen molar-refractivity contribution in [3.63, 3.8) is 0 Å². The third kappa shape index (κ3) is 2.61. The van der Waals surface area contributed by atoms with Crippen molar-refractivity contribution < 1.29 is 17.9 Å². The molecular weight excluding hydrogens is 290 g/mol. The molecule has 6 heteroatoms. The molecule has 1 saturated carbocycles. The predicted molar refractivity (Wildman–Crippen MR) is 79.6 cm³/mol. The normalized spacial score (nSPS) is 29.9. The van der Waals surface area contributed by atoms with Crippen LogP contribution in [0.2, 0.25) is 0 Å². The molecule has 1 atom stereocenters. The summed E-state index contributed by atoms with van der Waals surface area (Å²) < 4.78 is 29.9. The zero-order chi connectivity index (χ0) is 15.3. The van der Waals surface area contributed by atoms with Crippen molar-refractivity contribution >= 4 is 15.7 Å². The quantitative estimate of drug-likeness (QED) is 0.762. The van der Waals surface area contributed by atoms with Crippen molar-refractivity contribution in [2.24, 2.45) is 17.8 Å². The molecule has 1 amide bonds. The molecule has 0 aromatic rings. The lowest BCUT2D eigenvalue weighted by Gasteiger charge is -2.50.